The minimum atomic E-state index is -1.05. The second-order valence-corrected chi connectivity index (χ2v) is 3.32. The number of aliphatic hydroxyl groups excluding tert-OH is 3. The van der Waals surface area contributed by atoms with Gasteiger partial charge in [0.15, 0.2) is 0 Å². The normalized spacial score (nSPS) is 49.2. The van der Waals surface area contributed by atoms with Gasteiger partial charge in [0.25, 0.3) is 0 Å². The van der Waals surface area contributed by atoms with E-state index in [1.165, 1.54) is 0 Å². The summed E-state index contributed by atoms with van der Waals surface area (Å²) < 4.78 is 4.96. The average Bonchev–Trinajstić information content (AvgIpc) is 2.08. The Morgan fingerprint density at radius 2 is 1.92 bits per heavy atom. The van der Waals surface area contributed by atoms with Crippen molar-refractivity contribution in [2.75, 3.05) is 6.61 Å². The maximum atomic E-state index is 9.32. The van der Waals surface area contributed by atoms with Crippen molar-refractivity contribution >= 4 is 20.5 Å². The first-order valence-electron chi connectivity index (χ1n) is 3.64. The van der Waals surface area contributed by atoms with Gasteiger partial charge in [-0.1, -0.05) is 0 Å². The van der Waals surface area contributed by atoms with Gasteiger partial charge in [-0.3, -0.25) is 0 Å². The molecule has 3 N–H and O–H groups in total. The predicted octanol–water partition coefficient (Wildman–Crippen LogP) is -1.69. The summed E-state index contributed by atoms with van der Waals surface area (Å²) in [6.07, 6.45) is -2.81. The van der Waals surface area contributed by atoms with Crippen LogP contribution in [0.1, 0.15) is 0 Å². The second-order valence-electron chi connectivity index (χ2n) is 2.81. The van der Waals surface area contributed by atoms with Crippen LogP contribution in [0.5, 0.6) is 0 Å². The lowest BCUT2D eigenvalue weighted by atomic mass is 9.75. The van der Waals surface area contributed by atoms with E-state index in [2.05, 4.69) is 12.6 Å². The van der Waals surface area contributed by atoms with Crippen LogP contribution in [-0.4, -0.2) is 53.5 Å². The first-order valence-corrected chi connectivity index (χ1v) is 4.15. The van der Waals surface area contributed by atoms with Crippen LogP contribution in [-0.2, 0) is 4.74 Å². The smallest absolute Gasteiger partial charge is 0.126 e. The van der Waals surface area contributed by atoms with Gasteiger partial charge in [0.05, 0.1) is 26.7 Å². The highest BCUT2D eigenvalue weighted by Gasteiger charge is 2.39. The SMILES string of the molecule is [B]C1[C@@H](O)C(CO)O[C@@H](S)[C@H]1O. The molecule has 0 aromatic heterocycles. The highest BCUT2D eigenvalue weighted by molar-refractivity contribution is 7.80. The van der Waals surface area contributed by atoms with E-state index < -0.39 is 29.6 Å². The number of aliphatic hydroxyl groups is 3. The number of hydrogen-bond donors (Lipinski definition) is 4. The summed E-state index contributed by atoms with van der Waals surface area (Å²) in [6.45, 7) is -0.335. The number of ether oxygens (including phenoxy) is 1. The van der Waals surface area contributed by atoms with E-state index in [0.717, 1.165) is 0 Å². The molecule has 2 radical (unpaired) electrons. The molecule has 6 heteroatoms. The molecule has 0 spiro atoms. The number of rotatable bonds is 1. The van der Waals surface area contributed by atoms with Crippen molar-refractivity contribution in [2.45, 2.75) is 29.6 Å². The molecule has 1 saturated heterocycles. The van der Waals surface area contributed by atoms with Crippen molar-refractivity contribution in [3.8, 4) is 0 Å². The molecule has 4 nitrogen and oxygen atoms in total. The topological polar surface area (TPSA) is 69.9 Å². The van der Waals surface area contributed by atoms with Gasteiger partial charge in [-0.05, 0) is 5.82 Å². The predicted molar refractivity (Wildman–Crippen MR) is 46.3 cm³/mol. The largest absolute Gasteiger partial charge is 0.394 e. The quantitative estimate of drug-likeness (QED) is 0.294. The number of hydrogen-bond acceptors (Lipinski definition) is 5. The Kier molecular flexibility index (Phi) is 3.42. The third-order valence-electron chi connectivity index (χ3n) is 1.96. The lowest BCUT2D eigenvalue weighted by Crippen LogP contribution is -2.50. The fraction of sp³-hybridized carbons (Fsp3) is 1.00. The van der Waals surface area contributed by atoms with Gasteiger partial charge in [-0.2, -0.15) is 0 Å². The zero-order valence-electron chi connectivity index (χ0n) is 6.37. The van der Waals surface area contributed by atoms with E-state index in [9.17, 15) is 10.2 Å². The molecule has 0 amide bonds. The molecule has 0 aliphatic carbocycles. The molecular formula is C6H11BO4S. The second kappa shape index (κ2) is 3.98. The van der Waals surface area contributed by atoms with Crippen LogP contribution in [0.25, 0.3) is 0 Å². The van der Waals surface area contributed by atoms with Crippen molar-refractivity contribution in [2.24, 2.45) is 0 Å². The molecule has 1 aliphatic heterocycles. The van der Waals surface area contributed by atoms with Crippen molar-refractivity contribution in [1.82, 2.24) is 0 Å². The molecule has 1 heterocycles. The Bertz CT molecular complexity index is 154. The van der Waals surface area contributed by atoms with Gasteiger partial charge in [0.2, 0.25) is 0 Å². The molecule has 1 aliphatic rings. The standard InChI is InChI=1S/C6H11BO4S/c7-3-4(9)2(1-8)11-6(12)5(3)10/h2-6,8-10,12H,1H2/t2?,3?,4-,5-,6-/m0/s1. The van der Waals surface area contributed by atoms with Gasteiger partial charge >= 0.3 is 0 Å². The summed E-state index contributed by atoms with van der Waals surface area (Å²) in [5.41, 5.74) is -0.749. The van der Waals surface area contributed by atoms with Crippen LogP contribution in [0.15, 0.2) is 0 Å². The summed E-state index contributed by atoms with van der Waals surface area (Å²) in [4.78, 5) is 0. The van der Waals surface area contributed by atoms with E-state index >= 15 is 0 Å². The zero-order valence-corrected chi connectivity index (χ0v) is 7.26. The zero-order chi connectivity index (χ0) is 9.30. The summed E-state index contributed by atoms with van der Waals surface area (Å²) >= 11 is 3.89. The monoisotopic (exact) mass is 190 g/mol. The Balaban J connectivity index is 2.63. The molecule has 0 aromatic rings. The van der Waals surface area contributed by atoms with E-state index in [-0.39, 0.29) is 6.61 Å². The van der Waals surface area contributed by atoms with Crippen LogP contribution in [0.3, 0.4) is 0 Å². The Morgan fingerprint density at radius 3 is 2.42 bits per heavy atom. The minimum absolute atomic E-state index is 0.335. The van der Waals surface area contributed by atoms with Gasteiger partial charge in [0, 0.05) is 0 Å². The Hall–Kier alpha value is 0.255. The molecule has 1 fully saturated rings. The fourth-order valence-corrected chi connectivity index (χ4v) is 1.49. The fourth-order valence-electron chi connectivity index (χ4n) is 1.13. The van der Waals surface area contributed by atoms with Crippen LogP contribution in [0, 0.1) is 0 Å². The van der Waals surface area contributed by atoms with Crippen molar-refractivity contribution < 1.29 is 20.1 Å². The molecule has 0 bridgehead atoms. The van der Waals surface area contributed by atoms with E-state index in [1.807, 2.05) is 0 Å². The lowest BCUT2D eigenvalue weighted by molar-refractivity contribution is -0.148. The van der Waals surface area contributed by atoms with Crippen LogP contribution < -0.4 is 0 Å². The lowest BCUT2D eigenvalue weighted by Gasteiger charge is -2.39. The molecular weight excluding hydrogens is 179 g/mol. The first kappa shape index (κ1) is 10.3. The van der Waals surface area contributed by atoms with Gasteiger partial charge in [-0.15, -0.1) is 12.6 Å². The molecule has 0 aromatic carbocycles. The highest BCUT2D eigenvalue weighted by Crippen LogP contribution is 2.29. The van der Waals surface area contributed by atoms with E-state index in [0.29, 0.717) is 0 Å². The van der Waals surface area contributed by atoms with Crippen molar-refractivity contribution in [3.63, 3.8) is 0 Å². The van der Waals surface area contributed by atoms with Crippen LogP contribution in [0.2, 0.25) is 5.82 Å². The molecule has 68 valence electrons. The summed E-state index contributed by atoms with van der Waals surface area (Å²) in [7, 11) is 5.44. The summed E-state index contributed by atoms with van der Waals surface area (Å²) in [6, 6.07) is 0. The Labute approximate surface area is 77.4 Å². The van der Waals surface area contributed by atoms with E-state index in [1.54, 1.807) is 0 Å². The average molecular weight is 190 g/mol. The van der Waals surface area contributed by atoms with E-state index in [4.69, 9.17) is 17.7 Å². The van der Waals surface area contributed by atoms with Crippen LogP contribution >= 0.6 is 12.6 Å². The molecule has 12 heavy (non-hydrogen) atoms. The van der Waals surface area contributed by atoms with Crippen LogP contribution in [0.4, 0.5) is 0 Å². The van der Waals surface area contributed by atoms with Crippen molar-refractivity contribution in [3.05, 3.63) is 0 Å². The molecule has 5 atom stereocenters. The minimum Gasteiger partial charge on any atom is -0.394 e. The Morgan fingerprint density at radius 1 is 1.33 bits per heavy atom. The highest BCUT2D eigenvalue weighted by atomic mass is 32.1. The number of thiol groups is 1. The van der Waals surface area contributed by atoms with Gasteiger partial charge < -0.3 is 20.1 Å². The molecule has 0 saturated carbocycles. The van der Waals surface area contributed by atoms with Gasteiger partial charge in [-0.25, -0.2) is 0 Å². The molecule has 1 rings (SSSR count). The van der Waals surface area contributed by atoms with Crippen molar-refractivity contribution in [1.29, 1.82) is 0 Å². The third-order valence-corrected chi connectivity index (χ3v) is 2.38. The third kappa shape index (κ3) is 1.77. The molecule has 2 unspecified atom stereocenters. The maximum Gasteiger partial charge on any atom is 0.126 e. The summed E-state index contributed by atoms with van der Waals surface area (Å²) in [5, 5.41) is 27.3. The maximum absolute atomic E-state index is 9.32. The summed E-state index contributed by atoms with van der Waals surface area (Å²) in [5.74, 6) is -0.821. The first-order chi connectivity index (χ1) is 5.57. The van der Waals surface area contributed by atoms with Gasteiger partial charge in [0.1, 0.15) is 11.5 Å².